The van der Waals surface area contributed by atoms with Crippen molar-refractivity contribution in [1.82, 2.24) is 19.1 Å². The number of allylic oxidation sites excluding steroid dienone is 3. The van der Waals surface area contributed by atoms with E-state index in [2.05, 4.69) is 142 Å². The molecule has 0 N–H and O–H groups in total. The maximum atomic E-state index is 5.29. The highest BCUT2D eigenvalue weighted by Crippen LogP contribution is 2.36. The first kappa shape index (κ1) is 31.0. The second-order valence-electron chi connectivity index (χ2n) is 12.6. The molecule has 2 aromatic heterocycles. The summed E-state index contributed by atoms with van der Waals surface area (Å²) < 4.78 is 4.48. The minimum atomic E-state index is 0.501. The van der Waals surface area contributed by atoms with Gasteiger partial charge in [-0.05, 0) is 84.9 Å². The Morgan fingerprint density at radius 1 is 0.481 bits per heavy atom. The molecule has 6 nitrogen and oxygen atoms in total. The fourth-order valence-electron chi connectivity index (χ4n) is 6.94. The van der Waals surface area contributed by atoms with Gasteiger partial charge in [0, 0.05) is 39.4 Å². The molecule has 0 atom stereocenters. The molecular weight excluding hydrogens is 637 g/mol. The van der Waals surface area contributed by atoms with E-state index in [-0.39, 0.29) is 0 Å². The lowest BCUT2D eigenvalue weighted by Gasteiger charge is -2.27. The van der Waals surface area contributed by atoms with Gasteiger partial charge in [0.2, 0.25) is 0 Å². The third-order valence-corrected chi connectivity index (χ3v) is 9.25. The number of benzene rings is 6. The highest BCUT2D eigenvalue weighted by atomic mass is 15.2. The van der Waals surface area contributed by atoms with Crippen molar-refractivity contribution >= 4 is 33.6 Å². The molecular formula is C46H34N6. The molecule has 52 heavy (non-hydrogen) atoms. The largest absolute Gasteiger partial charge is 0.295 e. The lowest BCUT2D eigenvalue weighted by Crippen LogP contribution is -2.30. The molecule has 0 fully saturated rings. The lowest BCUT2D eigenvalue weighted by molar-refractivity contribution is 1.09. The molecule has 6 aromatic carbocycles. The zero-order chi connectivity index (χ0) is 34.9. The molecule has 8 aromatic rings. The minimum Gasteiger partial charge on any atom is -0.295 e. The van der Waals surface area contributed by atoms with Crippen molar-refractivity contribution in [2.45, 2.75) is 0 Å². The zero-order valence-corrected chi connectivity index (χ0v) is 28.4. The number of hydrogen-bond donors (Lipinski definition) is 0. The normalized spacial score (nSPS) is 14.5. The van der Waals surface area contributed by atoms with Gasteiger partial charge in [0.1, 0.15) is 17.5 Å². The molecule has 0 radical (unpaired) electrons. The van der Waals surface area contributed by atoms with Crippen LogP contribution in [0.3, 0.4) is 0 Å². The molecule has 0 saturated carbocycles. The van der Waals surface area contributed by atoms with E-state index >= 15 is 0 Å². The van der Waals surface area contributed by atoms with Crippen molar-refractivity contribution in [3.8, 4) is 34.2 Å². The third kappa shape index (κ3) is 5.62. The zero-order valence-electron chi connectivity index (χ0n) is 28.4. The van der Waals surface area contributed by atoms with Crippen LogP contribution in [0, 0.1) is 0 Å². The lowest BCUT2D eigenvalue weighted by atomic mass is 10.0. The quantitative estimate of drug-likeness (QED) is 0.177. The number of hydrogen-bond acceptors (Lipinski definition) is 4. The van der Waals surface area contributed by atoms with E-state index in [9.17, 15) is 0 Å². The average molecular weight is 671 g/mol. The Labute approximate surface area is 302 Å². The fourth-order valence-corrected chi connectivity index (χ4v) is 6.94. The molecule has 1 aliphatic rings. The number of anilines is 1. The monoisotopic (exact) mass is 670 g/mol. The van der Waals surface area contributed by atoms with Crippen LogP contribution in [0.1, 0.15) is 5.56 Å². The number of rotatable bonds is 6. The van der Waals surface area contributed by atoms with Gasteiger partial charge in [0.15, 0.2) is 0 Å². The molecule has 0 spiro atoms. The SMILES string of the molecule is C=C1/C=C\C=C/CN=C(c2cc(-c3nc4ccccc4n3-c3ccccc3)cc(-c3nc4ccccc4n3-c3ccccc3)c2)N1c1ccccc1. The predicted octanol–water partition coefficient (Wildman–Crippen LogP) is 10.6. The number of imidazole rings is 2. The molecule has 0 bridgehead atoms. The fraction of sp³-hybridized carbons (Fsp3) is 0.0217. The molecule has 0 amide bonds. The van der Waals surface area contributed by atoms with Gasteiger partial charge in [0.25, 0.3) is 0 Å². The molecule has 0 saturated heterocycles. The van der Waals surface area contributed by atoms with Crippen LogP contribution in [0.25, 0.3) is 56.2 Å². The highest BCUT2D eigenvalue weighted by Gasteiger charge is 2.24. The van der Waals surface area contributed by atoms with Crippen LogP contribution in [0.2, 0.25) is 0 Å². The molecule has 3 heterocycles. The Balaban J connectivity index is 1.36. The summed E-state index contributed by atoms with van der Waals surface area (Å²) in [5.74, 6) is 2.43. The van der Waals surface area contributed by atoms with E-state index < -0.39 is 0 Å². The number of amidine groups is 1. The van der Waals surface area contributed by atoms with Gasteiger partial charge in [-0.1, -0.05) is 104 Å². The highest BCUT2D eigenvalue weighted by molar-refractivity contribution is 6.13. The van der Waals surface area contributed by atoms with Crippen molar-refractivity contribution in [2.75, 3.05) is 11.4 Å². The third-order valence-electron chi connectivity index (χ3n) is 9.25. The topological polar surface area (TPSA) is 51.2 Å². The van der Waals surface area contributed by atoms with Crippen LogP contribution in [0.15, 0.2) is 199 Å². The first-order valence-corrected chi connectivity index (χ1v) is 17.4. The first-order valence-electron chi connectivity index (χ1n) is 17.4. The van der Waals surface area contributed by atoms with E-state index in [1.165, 1.54) is 0 Å². The van der Waals surface area contributed by atoms with Crippen LogP contribution < -0.4 is 4.90 Å². The standard InChI is InChI=1S/C46H34N6/c1-33-18-6-5-17-29-47-44(50(33)37-19-7-2-8-20-37)34-30-35(45-48-40-25-13-15-27-42(40)51(45)38-21-9-3-10-22-38)32-36(31-34)46-49-41-26-14-16-28-43(41)52(46)39-23-11-4-12-24-39/h2-28,30-32H,1,29H2/b17-5-,18-6-,47-44?. The summed E-state index contributed by atoms with van der Waals surface area (Å²) >= 11 is 0. The van der Waals surface area contributed by atoms with Crippen molar-refractivity contribution in [1.29, 1.82) is 0 Å². The maximum absolute atomic E-state index is 5.29. The van der Waals surface area contributed by atoms with Gasteiger partial charge >= 0.3 is 0 Å². The smallest absolute Gasteiger partial charge is 0.145 e. The van der Waals surface area contributed by atoms with Crippen molar-refractivity contribution < 1.29 is 0 Å². The van der Waals surface area contributed by atoms with E-state index in [4.69, 9.17) is 15.0 Å². The second kappa shape index (κ2) is 13.3. The second-order valence-corrected chi connectivity index (χ2v) is 12.6. The van der Waals surface area contributed by atoms with Gasteiger partial charge in [-0.15, -0.1) is 0 Å². The Morgan fingerprint density at radius 2 is 0.942 bits per heavy atom. The summed E-state index contributed by atoms with van der Waals surface area (Å²) in [6.45, 7) is 5.01. The Bertz CT molecular complexity index is 2530. The van der Waals surface area contributed by atoms with E-state index in [0.29, 0.717) is 6.54 Å². The Morgan fingerprint density at radius 3 is 1.48 bits per heavy atom. The van der Waals surface area contributed by atoms with Crippen LogP contribution in [-0.2, 0) is 0 Å². The van der Waals surface area contributed by atoms with Crippen molar-refractivity contribution in [2.24, 2.45) is 4.99 Å². The summed E-state index contributed by atoms with van der Waals surface area (Å²) in [4.78, 5) is 17.9. The van der Waals surface area contributed by atoms with Crippen LogP contribution in [0.4, 0.5) is 5.69 Å². The first-order chi connectivity index (χ1) is 25.7. The molecule has 6 heteroatoms. The Kier molecular flexibility index (Phi) is 7.95. The number of fused-ring (bicyclic) bond motifs is 2. The predicted molar refractivity (Wildman–Crippen MR) is 214 cm³/mol. The van der Waals surface area contributed by atoms with Gasteiger partial charge in [-0.25, -0.2) is 9.97 Å². The van der Waals surface area contributed by atoms with Gasteiger partial charge in [-0.2, -0.15) is 0 Å². The van der Waals surface area contributed by atoms with Crippen LogP contribution in [-0.4, -0.2) is 31.5 Å². The average Bonchev–Trinajstić information content (AvgIpc) is 3.81. The summed E-state index contributed by atoms with van der Waals surface area (Å²) in [7, 11) is 0. The number of para-hydroxylation sites is 7. The number of nitrogens with zero attached hydrogens (tertiary/aromatic N) is 6. The number of aromatic nitrogens is 4. The molecule has 0 unspecified atom stereocenters. The Hall–Kier alpha value is -7.05. The van der Waals surface area contributed by atoms with Gasteiger partial charge in [-0.3, -0.25) is 19.0 Å². The molecule has 248 valence electrons. The van der Waals surface area contributed by atoms with E-state index in [1.54, 1.807) is 0 Å². The molecule has 0 aliphatic carbocycles. The summed E-state index contributed by atoms with van der Waals surface area (Å²) in [6, 6.07) is 54.3. The number of aliphatic imine (C=N–C) groups is 1. The molecule has 1 aliphatic heterocycles. The summed E-state index contributed by atoms with van der Waals surface area (Å²) in [6.07, 6.45) is 8.13. The van der Waals surface area contributed by atoms with Crippen LogP contribution >= 0.6 is 0 Å². The van der Waals surface area contributed by atoms with Crippen LogP contribution in [0.5, 0.6) is 0 Å². The molecule has 9 rings (SSSR count). The summed E-state index contributed by atoms with van der Waals surface area (Å²) in [5.41, 5.74) is 10.5. The van der Waals surface area contributed by atoms with Gasteiger partial charge in [0.05, 0.1) is 28.6 Å². The van der Waals surface area contributed by atoms with Crippen molar-refractivity contribution in [3.05, 3.63) is 200 Å². The maximum Gasteiger partial charge on any atom is 0.145 e. The van der Waals surface area contributed by atoms with Crippen molar-refractivity contribution in [3.63, 3.8) is 0 Å². The van der Waals surface area contributed by atoms with Gasteiger partial charge < -0.3 is 0 Å². The van der Waals surface area contributed by atoms with E-state index in [0.717, 1.165) is 79.0 Å². The summed E-state index contributed by atoms with van der Waals surface area (Å²) in [5, 5.41) is 0. The minimum absolute atomic E-state index is 0.501. The van der Waals surface area contributed by atoms with E-state index in [1.807, 2.05) is 60.7 Å².